The van der Waals surface area contributed by atoms with E-state index >= 15 is 4.39 Å². The van der Waals surface area contributed by atoms with Crippen molar-refractivity contribution in [3.8, 4) is 5.75 Å². The molecule has 3 aromatic rings. The molecule has 4 aliphatic heterocycles. The van der Waals surface area contributed by atoms with E-state index in [1.54, 1.807) is 23.1 Å². The maximum absolute atomic E-state index is 15.4. The lowest BCUT2D eigenvalue weighted by atomic mass is 9.95. The highest BCUT2D eigenvalue weighted by atomic mass is 19.1. The normalized spacial score (nSPS) is 25.4. The quantitative estimate of drug-likeness (QED) is 0.348. The van der Waals surface area contributed by atoms with E-state index in [0.717, 1.165) is 35.0 Å². The Morgan fingerprint density at radius 2 is 1.79 bits per heavy atom. The number of ether oxygens (including phenoxy) is 3. The molecule has 0 unspecified atom stereocenters. The zero-order chi connectivity index (χ0) is 32.1. The highest BCUT2D eigenvalue weighted by molar-refractivity contribution is 6.05. The van der Waals surface area contributed by atoms with Gasteiger partial charge in [-0.3, -0.25) is 24.6 Å². The minimum Gasteiger partial charge on any atom is -0.486 e. The predicted molar refractivity (Wildman–Crippen MR) is 169 cm³/mol. The number of halogens is 1. The van der Waals surface area contributed by atoms with Crippen LogP contribution in [-0.4, -0.2) is 83.7 Å². The number of benzene rings is 2. The molecule has 3 amide bonds. The average molecular weight is 643 g/mol. The predicted octanol–water partition coefficient (Wildman–Crippen LogP) is 4.09. The number of carbonyl (C=O) groups is 3. The molecule has 0 bridgehead atoms. The molecule has 0 radical (unpaired) electrons. The minimum atomic E-state index is -0.662. The van der Waals surface area contributed by atoms with Gasteiger partial charge >= 0.3 is 0 Å². The van der Waals surface area contributed by atoms with Crippen LogP contribution < -0.4 is 10.1 Å². The van der Waals surface area contributed by atoms with Crippen molar-refractivity contribution in [2.24, 2.45) is 5.92 Å². The third kappa shape index (κ3) is 6.36. The molecule has 1 N–H and O–H groups in total. The summed E-state index contributed by atoms with van der Waals surface area (Å²) in [6.45, 7) is 4.23. The summed E-state index contributed by atoms with van der Waals surface area (Å²) in [7, 11) is 0. The van der Waals surface area contributed by atoms with E-state index in [9.17, 15) is 14.4 Å². The Balaban J connectivity index is 0.960. The summed E-state index contributed by atoms with van der Waals surface area (Å²) in [4.78, 5) is 45.7. The van der Waals surface area contributed by atoms with E-state index in [1.165, 1.54) is 12.8 Å². The number of carbonyl (C=O) groups excluding carboxylic acids is 3. The SMILES string of the molecule is O=C1CC[C@H](N2Cc3cc(O[C@@H]4CN(Cc5cc(F)c6nc(C7CCOCC7)ccc6c5)C[C@H]4OCC4CC4)ccc3C2=O)C(=O)N1. The van der Waals surface area contributed by atoms with Gasteiger partial charge in [-0.1, -0.05) is 6.07 Å². The Hall–Kier alpha value is -3.93. The van der Waals surface area contributed by atoms with Crippen LogP contribution in [-0.2, 0) is 32.2 Å². The van der Waals surface area contributed by atoms with Crippen molar-refractivity contribution in [2.45, 2.75) is 75.8 Å². The van der Waals surface area contributed by atoms with Crippen molar-refractivity contribution in [3.63, 3.8) is 0 Å². The average Bonchev–Trinajstić information content (AvgIpc) is 3.75. The number of aromatic nitrogens is 1. The number of likely N-dealkylation sites (tertiary alicyclic amines) is 1. The molecule has 11 heteroatoms. The third-order valence-corrected chi connectivity index (χ3v) is 10.2. The van der Waals surface area contributed by atoms with Crippen LogP contribution in [0.2, 0.25) is 0 Å². The molecule has 5 heterocycles. The molecule has 2 aromatic carbocycles. The largest absolute Gasteiger partial charge is 0.486 e. The van der Waals surface area contributed by atoms with Crippen molar-refractivity contribution in [1.29, 1.82) is 0 Å². The maximum atomic E-state index is 15.4. The summed E-state index contributed by atoms with van der Waals surface area (Å²) < 4.78 is 33.8. The van der Waals surface area contributed by atoms with Crippen LogP contribution in [0.25, 0.3) is 10.9 Å². The fraction of sp³-hybridized carbons (Fsp3) is 0.500. The van der Waals surface area contributed by atoms with Gasteiger partial charge in [-0.05, 0) is 85.5 Å². The van der Waals surface area contributed by atoms with Crippen LogP contribution >= 0.6 is 0 Å². The molecule has 8 rings (SSSR count). The van der Waals surface area contributed by atoms with Crippen LogP contribution in [0.15, 0.2) is 42.5 Å². The first-order valence-corrected chi connectivity index (χ1v) is 16.8. The van der Waals surface area contributed by atoms with Gasteiger partial charge in [0.15, 0.2) is 0 Å². The van der Waals surface area contributed by atoms with Crippen molar-refractivity contribution >= 4 is 28.6 Å². The number of hydrogen-bond acceptors (Lipinski definition) is 8. The molecule has 3 atom stereocenters. The van der Waals surface area contributed by atoms with Crippen LogP contribution in [0, 0.1) is 11.7 Å². The summed E-state index contributed by atoms with van der Waals surface area (Å²) in [6, 6.07) is 12.4. The number of imide groups is 1. The monoisotopic (exact) mass is 642 g/mol. The Bertz CT molecular complexity index is 1720. The molecule has 1 saturated carbocycles. The Morgan fingerprint density at radius 1 is 0.957 bits per heavy atom. The Kier molecular flexibility index (Phi) is 8.15. The molecular weight excluding hydrogens is 603 g/mol. The number of fused-ring (bicyclic) bond motifs is 2. The number of nitrogens with one attached hydrogen (secondary N) is 1. The van der Waals surface area contributed by atoms with Gasteiger partial charge in [0.2, 0.25) is 11.8 Å². The number of piperidine rings is 1. The summed E-state index contributed by atoms with van der Waals surface area (Å²) >= 11 is 0. The summed E-state index contributed by atoms with van der Waals surface area (Å²) in [6.07, 6.45) is 4.32. The fourth-order valence-corrected chi connectivity index (χ4v) is 7.40. The summed E-state index contributed by atoms with van der Waals surface area (Å²) in [5, 5.41) is 3.14. The van der Waals surface area contributed by atoms with Crippen molar-refractivity contribution < 1.29 is 33.0 Å². The van der Waals surface area contributed by atoms with Gasteiger partial charge in [0.05, 0.1) is 6.61 Å². The van der Waals surface area contributed by atoms with Gasteiger partial charge in [-0.2, -0.15) is 0 Å². The lowest BCUT2D eigenvalue weighted by molar-refractivity contribution is -0.136. The van der Waals surface area contributed by atoms with E-state index in [2.05, 4.69) is 10.2 Å². The van der Waals surface area contributed by atoms with E-state index < -0.39 is 11.9 Å². The number of hydrogen-bond donors (Lipinski definition) is 1. The third-order valence-electron chi connectivity index (χ3n) is 10.2. The van der Waals surface area contributed by atoms with Crippen molar-refractivity contribution in [3.05, 3.63) is 70.7 Å². The maximum Gasteiger partial charge on any atom is 0.255 e. The standard InChI is InChI=1S/C36H39FN4O6/c37-28-14-22(13-24-3-6-29(38-34(24)28)23-9-11-45-12-10-23)16-40-18-31(46-20-21-1-2-21)32(19-40)47-26-4-5-27-25(15-26)17-41(36(27)44)30-7-8-33(42)39-35(30)43/h3-6,13-15,21,23,30-32H,1-2,7-12,16-20H2,(H,39,42,43)/t30-,31+,32+/m0/s1. The number of rotatable bonds is 9. The van der Waals surface area contributed by atoms with E-state index in [0.29, 0.717) is 74.5 Å². The zero-order valence-electron chi connectivity index (χ0n) is 26.3. The lowest BCUT2D eigenvalue weighted by Gasteiger charge is -2.29. The van der Waals surface area contributed by atoms with E-state index in [-0.39, 0.29) is 42.8 Å². The molecule has 1 aromatic heterocycles. The van der Waals surface area contributed by atoms with Crippen LogP contribution in [0.1, 0.15) is 71.6 Å². The van der Waals surface area contributed by atoms with Gasteiger partial charge in [-0.25, -0.2) is 9.37 Å². The van der Waals surface area contributed by atoms with Crippen molar-refractivity contribution in [2.75, 3.05) is 32.9 Å². The molecule has 4 fully saturated rings. The Labute approximate surface area is 272 Å². The second-order valence-corrected chi connectivity index (χ2v) is 13.7. The smallest absolute Gasteiger partial charge is 0.255 e. The zero-order valence-corrected chi connectivity index (χ0v) is 26.3. The van der Waals surface area contributed by atoms with E-state index in [1.807, 2.05) is 24.3 Å². The van der Waals surface area contributed by atoms with Crippen molar-refractivity contribution in [1.82, 2.24) is 20.1 Å². The van der Waals surface area contributed by atoms with Gasteiger partial charge in [0.1, 0.15) is 35.3 Å². The second kappa shape index (κ2) is 12.6. The minimum absolute atomic E-state index is 0.153. The van der Waals surface area contributed by atoms with Crippen LogP contribution in [0.4, 0.5) is 4.39 Å². The van der Waals surface area contributed by atoms with Gasteiger partial charge in [0.25, 0.3) is 5.91 Å². The van der Waals surface area contributed by atoms with Gasteiger partial charge in [-0.15, -0.1) is 0 Å². The molecule has 246 valence electrons. The first kappa shape index (κ1) is 30.4. The molecule has 47 heavy (non-hydrogen) atoms. The lowest BCUT2D eigenvalue weighted by Crippen LogP contribution is -2.52. The fourth-order valence-electron chi connectivity index (χ4n) is 7.40. The topological polar surface area (TPSA) is 110 Å². The van der Waals surface area contributed by atoms with E-state index in [4.69, 9.17) is 19.2 Å². The number of nitrogens with zero attached hydrogens (tertiary/aromatic N) is 3. The molecule has 0 spiro atoms. The van der Waals surface area contributed by atoms with Gasteiger partial charge < -0.3 is 19.1 Å². The van der Waals surface area contributed by atoms with Gasteiger partial charge in [0, 0.05) is 68.4 Å². The first-order chi connectivity index (χ1) is 22.9. The second-order valence-electron chi connectivity index (χ2n) is 13.7. The van der Waals surface area contributed by atoms with Crippen LogP contribution in [0.5, 0.6) is 5.75 Å². The Morgan fingerprint density at radius 3 is 2.60 bits per heavy atom. The number of amides is 3. The highest BCUT2D eigenvalue weighted by Gasteiger charge is 2.40. The summed E-state index contributed by atoms with van der Waals surface area (Å²) in [5.74, 6) is 0.284. The highest BCUT2D eigenvalue weighted by Crippen LogP contribution is 2.34. The summed E-state index contributed by atoms with van der Waals surface area (Å²) in [5.41, 5.74) is 3.56. The molecule has 10 nitrogen and oxygen atoms in total. The number of pyridine rings is 1. The molecule has 5 aliphatic rings. The molecular formula is C36H39FN4O6. The molecule has 3 saturated heterocycles. The first-order valence-electron chi connectivity index (χ1n) is 16.8. The van der Waals surface area contributed by atoms with Crippen LogP contribution in [0.3, 0.4) is 0 Å². The molecule has 1 aliphatic carbocycles.